The molecular formula is C12H19N3O4S2. The summed E-state index contributed by atoms with van der Waals surface area (Å²) in [7, 11) is -3.72. The van der Waals surface area contributed by atoms with Gasteiger partial charge in [0, 0.05) is 24.9 Å². The molecule has 1 aromatic rings. The first kappa shape index (κ1) is 17.7. The molecule has 0 spiro atoms. The van der Waals surface area contributed by atoms with Gasteiger partial charge in [-0.2, -0.15) is 11.8 Å². The van der Waals surface area contributed by atoms with Crippen LogP contribution in [-0.2, 0) is 10.0 Å². The first-order valence-electron chi connectivity index (χ1n) is 6.43. The Labute approximate surface area is 128 Å². The highest BCUT2D eigenvalue weighted by atomic mass is 32.2. The lowest BCUT2D eigenvalue weighted by atomic mass is 10.2. The van der Waals surface area contributed by atoms with Crippen LogP contribution in [0.3, 0.4) is 0 Å². The molecule has 21 heavy (non-hydrogen) atoms. The summed E-state index contributed by atoms with van der Waals surface area (Å²) in [5.41, 5.74) is 0.0844. The van der Waals surface area contributed by atoms with Gasteiger partial charge in [-0.05, 0) is 24.8 Å². The van der Waals surface area contributed by atoms with Gasteiger partial charge in [0.05, 0.1) is 9.82 Å². The fourth-order valence-corrected chi connectivity index (χ4v) is 3.09. The first-order valence-corrected chi connectivity index (χ1v) is 9.31. The van der Waals surface area contributed by atoms with Crippen molar-refractivity contribution in [1.29, 1.82) is 0 Å². The van der Waals surface area contributed by atoms with Gasteiger partial charge in [0.25, 0.3) is 5.69 Å². The summed E-state index contributed by atoms with van der Waals surface area (Å²) in [4.78, 5) is 10.4. The zero-order chi connectivity index (χ0) is 15.9. The fourth-order valence-electron chi connectivity index (χ4n) is 1.60. The number of nitrogens with zero attached hydrogens (tertiary/aromatic N) is 1. The Morgan fingerprint density at radius 3 is 2.62 bits per heavy atom. The van der Waals surface area contributed by atoms with E-state index in [1.165, 1.54) is 23.9 Å². The van der Waals surface area contributed by atoms with Crippen molar-refractivity contribution in [1.82, 2.24) is 4.72 Å². The minimum absolute atomic E-state index is 0.0997. The van der Waals surface area contributed by atoms with Gasteiger partial charge in [0.15, 0.2) is 0 Å². The van der Waals surface area contributed by atoms with Crippen molar-refractivity contribution < 1.29 is 13.3 Å². The molecule has 0 bridgehead atoms. The minimum Gasteiger partial charge on any atom is -0.380 e. The Bertz CT molecular complexity index is 590. The molecule has 0 radical (unpaired) electrons. The van der Waals surface area contributed by atoms with Crippen LogP contribution in [0.1, 0.15) is 13.3 Å². The molecule has 1 rings (SSSR count). The van der Waals surface area contributed by atoms with Crippen molar-refractivity contribution in [3.05, 3.63) is 28.3 Å². The Morgan fingerprint density at radius 2 is 2.05 bits per heavy atom. The summed E-state index contributed by atoms with van der Waals surface area (Å²) < 4.78 is 26.5. The topological polar surface area (TPSA) is 101 Å². The Kier molecular flexibility index (Phi) is 6.93. The summed E-state index contributed by atoms with van der Waals surface area (Å²) in [5, 5.41) is 14.0. The van der Waals surface area contributed by atoms with E-state index < -0.39 is 14.9 Å². The van der Waals surface area contributed by atoms with Crippen LogP contribution in [0.25, 0.3) is 0 Å². The summed E-state index contributed by atoms with van der Waals surface area (Å²) in [5.74, 6) is 0.636. The number of sulfonamides is 1. The van der Waals surface area contributed by atoms with Crippen molar-refractivity contribution in [3.8, 4) is 0 Å². The van der Waals surface area contributed by atoms with Crippen molar-refractivity contribution >= 4 is 33.2 Å². The number of nitro groups is 1. The van der Waals surface area contributed by atoms with Gasteiger partial charge >= 0.3 is 0 Å². The van der Waals surface area contributed by atoms with Crippen molar-refractivity contribution in [2.45, 2.75) is 18.2 Å². The van der Waals surface area contributed by atoms with Crippen LogP contribution >= 0.6 is 11.8 Å². The fraction of sp³-hybridized carbons (Fsp3) is 0.500. The summed E-state index contributed by atoms with van der Waals surface area (Å²) >= 11 is 1.51. The normalized spacial score (nSPS) is 11.3. The van der Waals surface area contributed by atoms with Gasteiger partial charge in [-0.25, -0.2) is 13.1 Å². The number of benzene rings is 1. The lowest BCUT2D eigenvalue weighted by molar-refractivity contribution is -0.384. The van der Waals surface area contributed by atoms with Crippen molar-refractivity contribution in [2.75, 3.05) is 30.4 Å². The van der Waals surface area contributed by atoms with E-state index in [4.69, 9.17) is 0 Å². The van der Waals surface area contributed by atoms with Gasteiger partial charge in [-0.1, -0.05) is 6.92 Å². The third-order valence-corrected chi connectivity index (χ3v) is 4.71. The molecule has 0 heterocycles. The molecule has 0 saturated carbocycles. The molecule has 7 nitrogen and oxygen atoms in total. The molecule has 0 atom stereocenters. The molecule has 0 fully saturated rings. The summed E-state index contributed by atoms with van der Waals surface area (Å²) in [6.07, 6.45) is 2.68. The molecule has 1 aromatic carbocycles. The SMILES string of the molecule is CCCNc1ccc(S(=O)(=O)NCCSC)cc1[N+](=O)[O-]. The average Bonchev–Trinajstić information content (AvgIpc) is 2.44. The number of hydrogen-bond donors (Lipinski definition) is 2. The maximum Gasteiger partial charge on any atom is 0.293 e. The highest BCUT2D eigenvalue weighted by Crippen LogP contribution is 2.27. The van der Waals surface area contributed by atoms with E-state index in [9.17, 15) is 18.5 Å². The molecule has 0 unspecified atom stereocenters. The summed E-state index contributed by atoms with van der Waals surface area (Å²) in [6.45, 7) is 2.80. The van der Waals surface area contributed by atoms with E-state index in [0.29, 0.717) is 18.0 Å². The van der Waals surface area contributed by atoms with E-state index >= 15 is 0 Å². The number of thioether (sulfide) groups is 1. The quantitative estimate of drug-likeness (QED) is 0.407. The Balaban J connectivity index is 3.04. The second kappa shape index (κ2) is 8.20. The largest absolute Gasteiger partial charge is 0.380 e. The lowest BCUT2D eigenvalue weighted by Gasteiger charge is -2.09. The molecule has 0 aromatic heterocycles. The van der Waals surface area contributed by atoms with Crippen LogP contribution in [0.5, 0.6) is 0 Å². The van der Waals surface area contributed by atoms with Gasteiger partial charge in [-0.15, -0.1) is 0 Å². The van der Waals surface area contributed by atoms with Gasteiger partial charge < -0.3 is 5.32 Å². The van der Waals surface area contributed by atoms with E-state index in [2.05, 4.69) is 10.0 Å². The third kappa shape index (κ3) is 5.18. The van der Waals surface area contributed by atoms with Crippen LogP contribution in [-0.4, -0.2) is 38.4 Å². The molecular weight excluding hydrogens is 314 g/mol. The number of rotatable bonds is 9. The second-order valence-corrected chi connectivity index (χ2v) is 7.01. The zero-order valence-corrected chi connectivity index (χ0v) is 13.6. The monoisotopic (exact) mass is 333 g/mol. The number of nitro benzene ring substituents is 1. The van der Waals surface area contributed by atoms with Gasteiger partial charge in [0.1, 0.15) is 5.69 Å². The summed E-state index contributed by atoms with van der Waals surface area (Å²) in [6, 6.07) is 3.88. The van der Waals surface area contributed by atoms with Crippen LogP contribution in [0, 0.1) is 10.1 Å². The van der Waals surface area contributed by atoms with Crippen LogP contribution in [0.2, 0.25) is 0 Å². The molecule has 0 aliphatic carbocycles. The first-order chi connectivity index (χ1) is 9.92. The van der Waals surface area contributed by atoms with E-state index in [0.717, 1.165) is 12.5 Å². The second-order valence-electron chi connectivity index (χ2n) is 4.25. The molecule has 0 aliphatic rings. The van der Waals surface area contributed by atoms with Crippen LogP contribution in [0.4, 0.5) is 11.4 Å². The number of nitrogens with one attached hydrogen (secondary N) is 2. The average molecular weight is 333 g/mol. The van der Waals surface area contributed by atoms with E-state index in [-0.39, 0.29) is 17.1 Å². The predicted molar refractivity (Wildman–Crippen MR) is 85.4 cm³/mol. The molecule has 0 amide bonds. The van der Waals surface area contributed by atoms with Gasteiger partial charge in [-0.3, -0.25) is 10.1 Å². The smallest absolute Gasteiger partial charge is 0.293 e. The molecule has 9 heteroatoms. The molecule has 0 aliphatic heterocycles. The predicted octanol–water partition coefficient (Wildman–Crippen LogP) is 2.06. The zero-order valence-electron chi connectivity index (χ0n) is 12.0. The van der Waals surface area contributed by atoms with E-state index in [1.54, 1.807) is 0 Å². The lowest BCUT2D eigenvalue weighted by Crippen LogP contribution is -2.26. The molecule has 118 valence electrons. The Hall–Kier alpha value is -1.32. The molecule has 0 saturated heterocycles. The van der Waals surface area contributed by atoms with E-state index in [1.807, 2.05) is 13.2 Å². The maximum atomic E-state index is 12.0. The number of anilines is 1. The minimum atomic E-state index is -3.72. The van der Waals surface area contributed by atoms with Crippen molar-refractivity contribution in [3.63, 3.8) is 0 Å². The standard InChI is InChI=1S/C12H19N3O4S2/c1-3-6-13-11-5-4-10(9-12(11)15(16)17)21(18,19)14-7-8-20-2/h4-5,9,13-14H,3,6-8H2,1-2H3. The highest BCUT2D eigenvalue weighted by Gasteiger charge is 2.20. The van der Waals surface area contributed by atoms with Gasteiger partial charge in [0.2, 0.25) is 10.0 Å². The third-order valence-electron chi connectivity index (χ3n) is 2.64. The maximum absolute atomic E-state index is 12.0. The number of hydrogen-bond acceptors (Lipinski definition) is 6. The van der Waals surface area contributed by atoms with Crippen LogP contribution < -0.4 is 10.0 Å². The Morgan fingerprint density at radius 1 is 1.33 bits per heavy atom. The van der Waals surface area contributed by atoms with Crippen molar-refractivity contribution in [2.24, 2.45) is 0 Å². The molecule has 2 N–H and O–H groups in total. The highest BCUT2D eigenvalue weighted by molar-refractivity contribution is 7.98. The van der Waals surface area contributed by atoms with Crippen LogP contribution in [0.15, 0.2) is 23.1 Å².